The zero-order valence-electron chi connectivity index (χ0n) is 42.0. The van der Waals surface area contributed by atoms with Gasteiger partial charge in [0.1, 0.15) is 0 Å². The molecule has 0 N–H and O–H groups in total. The molecule has 0 bridgehead atoms. The van der Waals surface area contributed by atoms with Gasteiger partial charge in [-0.1, -0.05) is 158 Å². The van der Waals surface area contributed by atoms with Gasteiger partial charge in [-0.2, -0.15) is 0 Å². The summed E-state index contributed by atoms with van der Waals surface area (Å²) in [7, 11) is 0. The van der Waals surface area contributed by atoms with Gasteiger partial charge >= 0.3 is 0 Å². The van der Waals surface area contributed by atoms with Crippen LogP contribution in [0.2, 0.25) is 0 Å². The maximum atomic E-state index is 5.92. The first-order chi connectivity index (χ1) is 26.7. The summed E-state index contributed by atoms with van der Waals surface area (Å²) in [4.78, 5) is 0. The first-order valence-corrected chi connectivity index (χ1v) is 36.6. The van der Waals surface area contributed by atoms with E-state index < -0.39 is 22.8 Å². The SMILES string of the molecule is CC(C)COP(=S)(S)OCC(C)C.CC(C)COP(=S)(S)OCC(C)C.CCCC(C)(C)OP(=S)(S)OC(C)(C)CCC.CCCC(C)(C)OP(=S)(S)OC(C)(C)CCC.[Zn]. The van der Waals surface area contributed by atoms with Gasteiger partial charge in [0.05, 0.1) is 48.8 Å². The minimum atomic E-state index is -2.47. The zero-order chi connectivity index (χ0) is 48.5. The summed E-state index contributed by atoms with van der Waals surface area (Å²) < 4.78 is 45.3. The van der Waals surface area contributed by atoms with E-state index in [-0.39, 0.29) is 41.9 Å². The molecule has 0 spiro atoms. The third kappa shape index (κ3) is 53.5. The van der Waals surface area contributed by atoms with Gasteiger partial charge in [-0.05, 0) is 152 Å². The molecule has 0 saturated carbocycles. The number of hydrogen-bond donors (Lipinski definition) is 4. The quantitative estimate of drug-likeness (QED) is 0.0343. The molecule has 8 nitrogen and oxygen atoms in total. The standard InChI is InChI=1S/2C12H27O2PS2.2C8H19O2PS2.Zn/c2*1-7-9-11(3,4)13-15(16,17)14-12(5,6)10-8-2;2*1-7(2)5-9-11(12,13)10-6-8(3)4;/h2*7-10H2,1-6H3,(H,16,17);2*7-8H,5-6H2,1-4H3,(H,12,13);. The van der Waals surface area contributed by atoms with E-state index in [0.717, 1.165) is 51.4 Å². The third-order valence-corrected chi connectivity index (χ3v) is 16.5. The van der Waals surface area contributed by atoms with E-state index in [1.807, 2.05) is 55.4 Å². The van der Waals surface area contributed by atoms with Crippen LogP contribution in [0.4, 0.5) is 0 Å². The van der Waals surface area contributed by atoms with Crippen LogP contribution in [0.3, 0.4) is 0 Å². The van der Waals surface area contributed by atoms with E-state index in [1.165, 1.54) is 0 Å². The fourth-order valence-corrected chi connectivity index (χ4v) is 16.6. The second-order valence-corrected chi connectivity index (χ2v) is 39.9. The molecule has 0 aliphatic heterocycles. The fraction of sp³-hybridized carbons (Fsp3) is 1.00. The number of thiol groups is 4. The van der Waals surface area contributed by atoms with Gasteiger partial charge in [0.2, 0.25) is 22.8 Å². The molecule has 0 aliphatic rings. The second kappa shape index (κ2) is 36.3. The van der Waals surface area contributed by atoms with Gasteiger partial charge in [-0.15, -0.1) is 0 Å². The molecule has 0 fully saturated rings. The molecule has 0 heterocycles. The Balaban J connectivity index is -0.000000229. The van der Waals surface area contributed by atoms with E-state index >= 15 is 0 Å². The molecule has 0 amide bonds. The van der Waals surface area contributed by atoms with Crippen molar-refractivity contribution in [3.05, 3.63) is 0 Å². The Labute approximate surface area is 433 Å². The molecule has 61 heavy (non-hydrogen) atoms. The van der Waals surface area contributed by atoms with E-state index in [4.69, 9.17) is 83.4 Å². The predicted molar refractivity (Wildman–Crippen MR) is 297 cm³/mol. The normalized spacial score (nSPS) is 13.3. The molecule has 0 aromatic rings. The van der Waals surface area contributed by atoms with Crippen molar-refractivity contribution in [2.75, 3.05) is 26.4 Å². The van der Waals surface area contributed by atoms with Crippen molar-refractivity contribution in [2.45, 2.75) is 212 Å². The predicted octanol–water partition coefficient (Wildman–Crippen LogP) is 17.6. The molecule has 0 aliphatic carbocycles. The van der Waals surface area contributed by atoms with Gasteiger partial charge in [0, 0.05) is 19.5 Å². The molecule has 0 rings (SSSR count). The number of rotatable bonds is 28. The average Bonchev–Trinajstić information content (AvgIpc) is 2.99. The van der Waals surface area contributed by atoms with Crippen LogP contribution >= 0.6 is 71.8 Å². The number of hydrogen-bond acceptors (Lipinski definition) is 12. The summed E-state index contributed by atoms with van der Waals surface area (Å²) in [5, 5.41) is 0. The minimum Gasteiger partial charge on any atom is -0.322 e. The van der Waals surface area contributed by atoms with Crippen molar-refractivity contribution in [3.8, 4) is 0 Å². The first kappa shape index (κ1) is 74.3. The van der Waals surface area contributed by atoms with Crippen molar-refractivity contribution in [1.29, 1.82) is 0 Å². The average molecular weight is 1150 g/mol. The fourth-order valence-electron chi connectivity index (χ4n) is 4.92. The molecule has 0 aromatic heterocycles. The van der Waals surface area contributed by atoms with Gasteiger partial charge in [0.25, 0.3) is 0 Å². The Hall–Kier alpha value is 4.30. The van der Waals surface area contributed by atoms with Crippen LogP contribution in [0, 0.1) is 23.7 Å². The van der Waals surface area contributed by atoms with E-state index in [9.17, 15) is 0 Å². The molecule has 0 unspecified atom stereocenters. The van der Waals surface area contributed by atoms with Crippen molar-refractivity contribution in [3.63, 3.8) is 0 Å². The molecular weight excluding hydrogens is 1050 g/mol. The molecule has 0 atom stereocenters. The Bertz CT molecular complexity index is 1130. The maximum Gasteiger partial charge on any atom is 0.245 e. The third-order valence-electron chi connectivity index (χ3n) is 7.14. The monoisotopic (exact) mass is 1140 g/mol. The van der Waals surface area contributed by atoms with Crippen LogP contribution in [-0.2, 0) is 103 Å². The van der Waals surface area contributed by atoms with Crippen molar-refractivity contribution in [1.82, 2.24) is 0 Å². The second-order valence-electron chi connectivity index (χ2n) is 19.0. The maximum absolute atomic E-state index is 5.92. The summed E-state index contributed by atoms with van der Waals surface area (Å²) in [6.07, 6.45) is 8.10. The first-order valence-electron chi connectivity index (χ1n) is 21.5. The Kier molecular flexibility index (Phi) is 44.1. The Morgan fingerprint density at radius 2 is 0.508 bits per heavy atom. The van der Waals surface area contributed by atoms with Gasteiger partial charge in [-0.3, -0.25) is 0 Å². The Morgan fingerprint density at radius 1 is 0.361 bits per heavy atom. The summed E-state index contributed by atoms with van der Waals surface area (Å²) in [5.41, 5.74) is -10.5. The minimum absolute atomic E-state index is 0. The molecule has 0 radical (unpaired) electrons. The van der Waals surface area contributed by atoms with Crippen molar-refractivity contribution >= 4 is 119 Å². The van der Waals surface area contributed by atoms with E-state index in [2.05, 4.69) is 132 Å². The molecule has 0 saturated heterocycles. The van der Waals surface area contributed by atoms with Crippen molar-refractivity contribution < 1.29 is 55.7 Å². The van der Waals surface area contributed by atoms with Crippen LogP contribution < -0.4 is 0 Å². The van der Waals surface area contributed by atoms with Gasteiger partial charge in [0.15, 0.2) is 0 Å². The van der Waals surface area contributed by atoms with Crippen LogP contribution in [0.1, 0.15) is 190 Å². The van der Waals surface area contributed by atoms with Crippen LogP contribution in [0.25, 0.3) is 0 Å². The van der Waals surface area contributed by atoms with E-state index in [1.54, 1.807) is 0 Å². The van der Waals surface area contributed by atoms with Gasteiger partial charge < -0.3 is 36.2 Å². The molecule has 21 heteroatoms. The Morgan fingerprint density at radius 3 is 0.623 bits per heavy atom. The topological polar surface area (TPSA) is 73.8 Å². The summed E-state index contributed by atoms with van der Waals surface area (Å²) in [6, 6.07) is 0. The van der Waals surface area contributed by atoms with Gasteiger partial charge in [-0.25, -0.2) is 0 Å². The summed E-state index contributed by atoms with van der Waals surface area (Å²) >= 11 is 38.3. The molecule has 370 valence electrons. The molecular formula is C40H92O8P4S8Zn. The largest absolute Gasteiger partial charge is 0.322 e. The van der Waals surface area contributed by atoms with Crippen molar-refractivity contribution in [2.24, 2.45) is 23.7 Å². The van der Waals surface area contributed by atoms with Crippen LogP contribution in [-0.4, -0.2) is 48.8 Å². The smallest absolute Gasteiger partial charge is 0.245 e. The van der Waals surface area contributed by atoms with Crippen LogP contribution in [0.5, 0.6) is 0 Å². The summed E-state index contributed by atoms with van der Waals surface area (Å²) in [5.74, 6) is 1.88. The molecule has 0 aromatic carbocycles. The summed E-state index contributed by atoms with van der Waals surface area (Å²) in [6.45, 7) is 44.0. The zero-order valence-corrected chi connectivity index (χ0v) is 55.4. The van der Waals surface area contributed by atoms with E-state index in [0.29, 0.717) is 50.1 Å². The van der Waals surface area contributed by atoms with Crippen LogP contribution in [0.15, 0.2) is 0 Å².